The van der Waals surface area contributed by atoms with Crippen LogP contribution in [0.5, 0.6) is 0 Å². The summed E-state index contributed by atoms with van der Waals surface area (Å²) in [5.74, 6) is 0.115. The molecule has 2 aliphatic heterocycles. The third kappa shape index (κ3) is 1.68. The van der Waals surface area contributed by atoms with Gasteiger partial charge in [0.25, 0.3) is 5.91 Å². The maximum atomic E-state index is 12.5. The van der Waals surface area contributed by atoms with Crippen molar-refractivity contribution < 1.29 is 9.59 Å². The van der Waals surface area contributed by atoms with Crippen LogP contribution < -0.4 is 5.32 Å². The highest BCUT2D eigenvalue weighted by molar-refractivity contribution is 5.96. The molecule has 94 valence electrons. The third-order valence-corrected chi connectivity index (χ3v) is 3.92. The quantitative estimate of drug-likeness (QED) is 0.804. The molecule has 2 amide bonds. The summed E-state index contributed by atoms with van der Waals surface area (Å²) in [7, 11) is 0. The molecule has 1 N–H and O–H groups in total. The third-order valence-electron chi connectivity index (χ3n) is 3.92. The molecule has 0 saturated carbocycles. The Kier molecular flexibility index (Phi) is 2.58. The van der Waals surface area contributed by atoms with Crippen molar-refractivity contribution in [3.63, 3.8) is 0 Å². The van der Waals surface area contributed by atoms with Crippen molar-refractivity contribution in [2.75, 3.05) is 6.54 Å². The van der Waals surface area contributed by atoms with E-state index in [-0.39, 0.29) is 23.9 Å². The van der Waals surface area contributed by atoms with E-state index in [0.29, 0.717) is 6.42 Å². The largest absolute Gasteiger partial charge is 0.351 e. The van der Waals surface area contributed by atoms with Crippen LogP contribution in [0.2, 0.25) is 0 Å². The first-order chi connectivity index (χ1) is 8.66. The maximum Gasteiger partial charge on any atom is 0.254 e. The van der Waals surface area contributed by atoms with E-state index in [4.69, 9.17) is 0 Å². The molecular formula is C14H16N2O2. The van der Waals surface area contributed by atoms with Gasteiger partial charge in [0.1, 0.15) is 0 Å². The Morgan fingerprint density at radius 3 is 2.94 bits per heavy atom. The number of fused-ring (bicyclic) bond motifs is 1. The molecule has 2 atom stereocenters. The summed E-state index contributed by atoms with van der Waals surface area (Å²) in [5.41, 5.74) is 1.74. The molecule has 0 bridgehead atoms. The van der Waals surface area contributed by atoms with Gasteiger partial charge in [-0.25, -0.2) is 0 Å². The standard InChI is InChI=1S/C14H16N2O2/c1-9-4-2-3-5-10(9)14(18)16-7-6-11-12(16)8-13(17)15-11/h2-5,11-12H,6-8H2,1H3,(H,15,17). The van der Waals surface area contributed by atoms with Gasteiger partial charge in [-0.2, -0.15) is 0 Å². The lowest BCUT2D eigenvalue weighted by atomic mass is 10.1. The van der Waals surface area contributed by atoms with Crippen molar-refractivity contribution in [3.8, 4) is 0 Å². The molecule has 1 aromatic carbocycles. The Hall–Kier alpha value is -1.84. The summed E-state index contributed by atoms with van der Waals surface area (Å²) in [4.78, 5) is 25.7. The lowest BCUT2D eigenvalue weighted by Gasteiger charge is -2.23. The van der Waals surface area contributed by atoms with Crippen LogP contribution in [0.4, 0.5) is 0 Å². The highest BCUT2D eigenvalue weighted by atomic mass is 16.2. The molecule has 4 heteroatoms. The summed E-state index contributed by atoms with van der Waals surface area (Å²) in [6.45, 7) is 2.68. The van der Waals surface area contributed by atoms with Gasteiger partial charge in [0, 0.05) is 18.5 Å². The number of carbonyl (C=O) groups excluding carboxylic acids is 2. The zero-order valence-corrected chi connectivity index (χ0v) is 10.3. The van der Waals surface area contributed by atoms with Gasteiger partial charge in [0.2, 0.25) is 5.91 Å². The van der Waals surface area contributed by atoms with Gasteiger partial charge in [-0.1, -0.05) is 18.2 Å². The summed E-state index contributed by atoms with van der Waals surface area (Å²) in [6, 6.07) is 7.81. The molecule has 18 heavy (non-hydrogen) atoms. The number of benzene rings is 1. The Bertz CT molecular complexity index is 512. The first-order valence-corrected chi connectivity index (χ1v) is 6.33. The fraction of sp³-hybridized carbons (Fsp3) is 0.429. The SMILES string of the molecule is Cc1ccccc1C(=O)N1CCC2NC(=O)CC21. The molecular weight excluding hydrogens is 228 g/mol. The number of carbonyl (C=O) groups is 2. The second-order valence-electron chi connectivity index (χ2n) is 5.05. The fourth-order valence-electron chi connectivity index (χ4n) is 2.95. The van der Waals surface area contributed by atoms with Crippen molar-refractivity contribution >= 4 is 11.8 Å². The van der Waals surface area contributed by atoms with Crippen molar-refractivity contribution in [2.45, 2.75) is 31.8 Å². The van der Waals surface area contributed by atoms with Crippen LogP contribution in [0, 0.1) is 6.92 Å². The molecule has 0 spiro atoms. The molecule has 2 fully saturated rings. The normalized spacial score (nSPS) is 26.1. The second kappa shape index (κ2) is 4.12. The summed E-state index contributed by atoms with van der Waals surface area (Å²) >= 11 is 0. The number of hydrogen-bond donors (Lipinski definition) is 1. The molecule has 2 heterocycles. The van der Waals surface area contributed by atoms with Gasteiger partial charge in [-0.15, -0.1) is 0 Å². The smallest absolute Gasteiger partial charge is 0.254 e. The Morgan fingerprint density at radius 1 is 1.39 bits per heavy atom. The molecule has 1 aromatic rings. The minimum atomic E-state index is 0.0459. The number of hydrogen-bond acceptors (Lipinski definition) is 2. The molecule has 0 aliphatic carbocycles. The van der Waals surface area contributed by atoms with Crippen LogP contribution in [-0.2, 0) is 4.79 Å². The first kappa shape index (κ1) is 11.3. The van der Waals surface area contributed by atoms with Crippen LogP contribution in [-0.4, -0.2) is 35.3 Å². The van der Waals surface area contributed by atoms with E-state index in [2.05, 4.69) is 5.32 Å². The van der Waals surface area contributed by atoms with Crippen molar-refractivity contribution in [1.82, 2.24) is 10.2 Å². The lowest BCUT2D eigenvalue weighted by Crippen LogP contribution is -2.38. The zero-order chi connectivity index (χ0) is 12.7. The van der Waals surface area contributed by atoms with E-state index < -0.39 is 0 Å². The monoisotopic (exact) mass is 244 g/mol. The van der Waals surface area contributed by atoms with Crippen molar-refractivity contribution in [1.29, 1.82) is 0 Å². The number of amides is 2. The second-order valence-corrected chi connectivity index (χ2v) is 5.05. The van der Waals surface area contributed by atoms with Gasteiger partial charge in [0.15, 0.2) is 0 Å². The minimum absolute atomic E-state index is 0.0459. The van der Waals surface area contributed by atoms with Crippen LogP contribution in [0.25, 0.3) is 0 Å². The molecule has 2 aliphatic rings. The molecule has 2 unspecified atom stereocenters. The number of nitrogens with zero attached hydrogens (tertiary/aromatic N) is 1. The summed E-state index contributed by atoms with van der Waals surface area (Å²) in [5, 5.41) is 2.93. The molecule has 4 nitrogen and oxygen atoms in total. The number of aryl methyl sites for hydroxylation is 1. The molecule has 0 radical (unpaired) electrons. The Balaban J connectivity index is 1.86. The van der Waals surface area contributed by atoms with E-state index in [1.165, 1.54) is 0 Å². The fourth-order valence-corrected chi connectivity index (χ4v) is 2.95. The summed E-state index contributed by atoms with van der Waals surface area (Å²) in [6.07, 6.45) is 1.32. The van der Waals surface area contributed by atoms with E-state index in [0.717, 1.165) is 24.1 Å². The Morgan fingerprint density at radius 2 is 2.17 bits per heavy atom. The predicted molar refractivity (Wildman–Crippen MR) is 67.2 cm³/mol. The molecule has 2 saturated heterocycles. The van der Waals surface area contributed by atoms with Gasteiger partial charge in [-0.05, 0) is 25.0 Å². The van der Waals surface area contributed by atoms with E-state index in [1.54, 1.807) is 0 Å². The molecule has 3 rings (SSSR count). The summed E-state index contributed by atoms with van der Waals surface area (Å²) < 4.78 is 0. The van der Waals surface area contributed by atoms with Crippen molar-refractivity contribution in [3.05, 3.63) is 35.4 Å². The van der Waals surface area contributed by atoms with Crippen LogP contribution in [0.15, 0.2) is 24.3 Å². The topological polar surface area (TPSA) is 49.4 Å². The maximum absolute atomic E-state index is 12.5. The van der Waals surface area contributed by atoms with Gasteiger partial charge in [0.05, 0.1) is 12.1 Å². The zero-order valence-electron chi connectivity index (χ0n) is 10.3. The predicted octanol–water partition coefficient (Wildman–Crippen LogP) is 1.10. The van der Waals surface area contributed by atoms with E-state index >= 15 is 0 Å². The van der Waals surface area contributed by atoms with E-state index in [1.807, 2.05) is 36.1 Å². The van der Waals surface area contributed by atoms with Gasteiger partial charge < -0.3 is 10.2 Å². The van der Waals surface area contributed by atoms with E-state index in [9.17, 15) is 9.59 Å². The number of nitrogens with one attached hydrogen (secondary N) is 1. The first-order valence-electron chi connectivity index (χ1n) is 6.33. The number of rotatable bonds is 1. The highest BCUT2D eigenvalue weighted by Gasteiger charge is 2.43. The average molecular weight is 244 g/mol. The van der Waals surface area contributed by atoms with Gasteiger partial charge >= 0.3 is 0 Å². The average Bonchev–Trinajstić information content (AvgIpc) is 2.87. The number of likely N-dealkylation sites (tertiary alicyclic amines) is 1. The van der Waals surface area contributed by atoms with Crippen LogP contribution in [0.1, 0.15) is 28.8 Å². The van der Waals surface area contributed by atoms with Crippen LogP contribution >= 0.6 is 0 Å². The minimum Gasteiger partial charge on any atom is -0.351 e. The molecule has 0 aromatic heterocycles. The van der Waals surface area contributed by atoms with Crippen LogP contribution in [0.3, 0.4) is 0 Å². The van der Waals surface area contributed by atoms with Gasteiger partial charge in [-0.3, -0.25) is 9.59 Å². The lowest BCUT2D eigenvalue weighted by molar-refractivity contribution is -0.119. The Labute approximate surface area is 106 Å². The highest BCUT2D eigenvalue weighted by Crippen LogP contribution is 2.27. The van der Waals surface area contributed by atoms with Crippen molar-refractivity contribution in [2.24, 2.45) is 0 Å².